The molecule has 0 aliphatic heterocycles. The van der Waals surface area contributed by atoms with Crippen LogP contribution in [0.25, 0.3) is 0 Å². The number of hydrogen-bond donors (Lipinski definition) is 2. The quantitative estimate of drug-likeness (QED) is 0.767. The Morgan fingerprint density at radius 3 is 2.14 bits per heavy atom. The van der Waals surface area contributed by atoms with Crippen LogP contribution in [0.2, 0.25) is 0 Å². The van der Waals surface area contributed by atoms with Crippen molar-refractivity contribution in [1.29, 1.82) is 0 Å². The molecule has 2 unspecified atom stereocenters. The maximum atomic E-state index is 6.04. The van der Waals surface area contributed by atoms with Crippen molar-refractivity contribution in [2.45, 2.75) is 38.8 Å². The third-order valence-electron chi connectivity index (χ3n) is 2.44. The third-order valence-corrected chi connectivity index (χ3v) is 2.44. The minimum atomic E-state index is 0.126. The molecule has 1 aromatic rings. The van der Waals surface area contributed by atoms with Gasteiger partial charge in [-0.15, -0.1) is 0 Å². The van der Waals surface area contributed by atoms with Crippen molar-refractivity contribution in [2.75, 3.05) is 0 Å². The molecule has 2 atom stereocenters. The zero-order chi connectivity index (χ0) is 10.6. The van der Waals surface area contributed by atoms with E-state index in [1.807, 2.05) is 6.92 Å². The maximum absolute atomic E-state index is 6.04. The van der Waals surface area contributed by atoms with E-state index in [0.717, 1.165) is 12.8 Å². The van der Waals surface area contributed by atoms with Crippen LogP contribution in [0, 0.1) is 6.92 Å². The van der Waals surface area contributed by atoms with Crippen molar-refractivity contribution in [1.82, 2.24) is 0 Å². The Balaban J connectivity index is 2.52. The lowest BCUT2D eigenvalue weighted by molar-refractivity contribution is 0.555. The second kappa shape index (κ2) is 5.13. The van der Waals surface area contributed by atoms with Crippen LogP contribution < -0.4 is 11.5 Å². The summed E-state index contributed by atoms with van der Waals surface area (Å²) in [5.41, 5.74) is 14.2. The molecule has 0 fully saturated rings. The number of benzene rings is 1. The molecule has 0 bridgehead atoms. The van der Waals surface area contributed by atoms with E-state index >= 15 is 0 Å². The molecule has 2 heteroatoms. The molecule has 0 radical (unpaired) electrons. The Hall–Kier alpha value is -0.860. The lowest BCUT2D eigenvalue weighted by Gasteiger charge is -2.13. The largest absolute Gasteiger partial charge is 0.328 e. The van der Waals surface area contributed by atoms with E-state index in [1.165, 1.54) is 11.1 Å². The van der Waals surface area contributed by atoms with Gasteiger partial charge in [0.2, 0.25) is 0 Å². The molecule has 0 saturated carbocycles. The Labute approximate surface area is 86.3 Å². The van der Waals surface area contributed by atoms with Crippen LogP contribution in [0.3, 0.4) is 0 Å². The predicted molar refractivity (Wildman–Crippen MR) is 61.0 cm³/mol. The van der Waals surface area contributed by atoms with Crippen molar-refractivity contribution in [2.24, 2.45) is 11.5 Å². The van der Waals surface area contributed by atoms with Crippen LogP contribution in [0.15, 0.2) is 24.3 Å². The van der Waals surface area contributed by atoms with Gasteiger partial charge in [0.15, 0.2) is 0 Å². The lowest BCUT2D eigenvalue weighted by atomic mass is 10.00. The average Bonchev–Trinajstić information content (AvgIpc) is 2.15. The highest BCUT2D eigenvalue weighted by Gasteiger charge is 2.06. The first-order valence-corrected chi connectivity index (χ1v) is 5.17. The molecule has 0 aliphatic carbocycles. The van der Waals surface area contributed by atoms with Crippen LogP contribution in [0.5, 0.6) is 0 Å². The molecule has 4 N–H and O–H groups in total. The van der Waals surface area contributed by atoms with Crippen LogP contribution in [-0.4, -0.2) is 6.04 Å². The normalized spacial score (nSPS) is 15.1. The second-order valence-corrected chi connectivity index (χ2v) is 4.07. The van der Waals surface area contributed by atoms with Crippen LogP contribution in [-0.2, 0) is 0 Å². The Bertz CT molecular complexity index is 264. The van der Waals surface area contributed by atoms with Gasteiger partial charge in [0.05, 0.1) is 0 Å². The molecule has 1 rings (SSSR count). The van der Waals surface area contributed by atoms with Crippen LogP contribution >= 0.6 is 0 Å². The summed E-state index contributed by atoms with van der Waals surface area (Å²) in [7, 11) is 0. The summed E-state index contributed by atoms with van der Waals surface area (Å²) in [5, 5.41) is 0. The van der Waals surface area contributed by atoms with Crippen molar-refractivity contribution < 1.29 is 0 Å². The van der Waals surface area contributed by atoms with Gasteiger partial charge in [0.25, 0.3) is 0 Å². The van der Waals surface area contributed by atoms with Gasteiger partial charge >= 0.3 is 0 Å². The van der Waals surface area contributed by atoms with Gasteiger partial charge in [-0.05, 0) is 32.3 Å². The van der Waals surface area contributed by atoms with Gasteiger partial charge in [0, 0.05) is 12.1 Å². The minimum absolute atomic E-state index is 0.126. The fourth-order valence-corrected chi connectivity index (χ4v) is 1.42. The van der Waals surface area contributed by atoms with E-state index in [1.54, 1.807) is 0 Å². The highest BCUT2D eigenvalue weighted by Crippen LogP contribution is 2.16. The van der Waals surface area contributed by atoms with E-state index < -0.39 is 0 Å². The average molecular weight is 192 g/mol. The van der Waals surface area contributed by atoms with Gasteiger partial charge in [-0.1, -0.05) is 29.8 Å². The summed E-state index contributed by atoms with van der Waals surface area (Å²) in [6, 6.07) is 8.76. The molecule has 78 valence electrons. The van der Waals surface area contributed by atoms with Gasteiger partial charge in [-0.3, -0.25) is 0 Å². The summed E-state index contributed by atoms with van der Waals surface area (Å²) in [4.78, 5) is 0. The second-order valence-electron chi connectivity index (χ2n) is 4.07. The highest BCUT2D eigenvalue weighted by molar-refractivity contribution is 5.23. The Morgan fingerprint density at radius 2 is 1.64 bits per heavy atom. The first kappa shape index (κ1) is 11.2. The van der Waals surface area contributed by atoms with E-state index in [9.17, 15) is 0 Å². The lowest BCUT2D eigenvalue weighted by Crippen LogP contribution is -2.18. The zero-order valence-corrected chi connectivity index (χ0v) is 9.03. The fraction of sp³-hybridized carbons (Fsp3) is 0.500. The molecule has 0 saturated heterocycles. The molecule has 2 nitrogen and oxygen atoms in total. The van der Waals surface area contributed by atoms with Crippen molar-refractivity contribution in [3.8, 4) is 0 Å². The standard InChI is InChI=1S/C12H20N2/c1-9-3-6-11(7-4-9)12(14)8-5-10(2)13/h3-4,6-7,10,12H,5,8,13-14H2,1-2H3. The summed E-state index contributed by atoms with van der Waals surface area (Å²) >= 11 is 0. The van der Waals surface area contributed by atoms with Gasteiger partial charge in [-0.2, -0.15) is 0 Å². The molecule has 1 aromatic carbocycles. The van der Waals surface area contributed by atoms with E-state index in [0.29, 0.717) is 0 Å². The van der Waals surface area contributed by atoms with Gasteiger partial charge in [0.1, 0.15) is 0 Å². The first-order valence-electron chi connectivity index (χ1n) is 5.17. The smallest absolute Gasteiger partial charge is 0.0295 e. The molecule has 0 spiro atoms. The molecule has 0 aromatic heterocycles. The molecule has 0 amide bonds. The van der Waals surface area contributed by atoms with Crippen molar-refractivity contribution in [3.63, 3.8) is 0 Å². The third kappa shape index (κ3) is 3.48. The molecular formula is C12H20N2. The number of rotatable bonds is 4. The SMILES string of the molecule is Cc1ccc(C(N)CCC(C)N)cc1. The van der Waals surface area contributed by atoms with Crippen LogP contribution in [0.4, 0.5) is 0 Å². The predicted octanol–water partition coefficient (Wildman–Crippen LogP) is 2.12. The van der Waals surface area contributed by atoms with Gasteiger partial charge in [-0.25, -0.2) is 0 Å². The summed E-state index contributed by atoms with van der Waals surface area (Å²) in [6.07, 6.45) is 1.94. The van der Waals surface area contributed by atoms with E-state index in [2.05, 4.69) is 31.2 Å². The van der Waals surface area contributed by atoms with Crippen molar-refractivity contribution >= 4 is 0 Å². The Morgan fingerprint density at radius 1 is 1.07 bits per heavy atom. The Kier molecular flexibility index (Phi) is 4.11. The molecular weight excluding hydrogens is 172 g/mol. The molecule has 14 heavy (non-hydrogen) atoms. The maximum Gasteiger partial charge on any atom is 0.0295 e. The van der Waals surface area contributed by atoms with Crippen molar-refractivity contribution in [3.05, 3.63) is 35.4 Å². The minimum Gasteiger partial charge on any atom is -0.328 e. The van der Waals surface area contributed by atoms with Gasteiger partial charge < -0.3 is 11.5 Å². The first-order chi connectivity index (χ1) is 6.59. The topological polar surface area (TPSA) is 52.0 Å². The number of hydrogen-bond acceptors (Lipinski definition) is 2. The van der Waals surface area contributed by atoms with Crippen LogP contribution in [0.1, 0.15) is 36.9 Å². The number of nitrogens with two attached hydrogens (primary N) is 2. The molecule has 0 aliphatic rings. The van der Waals surface area contributed by atoms with E-state index in [4.69, 9.17) is 11.5 Å². The monoisotopic (exact) mass is 192 g/mol. The molecule has 0 heterocycles. The summed E-state index contributed by atoms with van der Waals surface area (Å²) in [5.74, 6) is 0. The van der Waals surface area contributed by atoms with E-state index in [-0.39, 0.29) is 12.1 Å². The highest BCUT2D eigenvalue weighted by atomic mass is 14.6. The number of aryl methyl sites for hydroxylation is 1. The fourth-order valence-electron chi connectivity index (χ4n) is 1.42. The summed E-state index contributed by atoms with van der Waals surface area (Å²) < 4.78 is 0. The zero-order valence-electron chi connectivity index (χ0n) is 9.03. The summed E-state index contributed by atoms with van der Waals surface area (Å²) in [6.45, 7) is 4.10.